The third kappa shape index (κ3) is 2.54. The fraction of sp³-hybridized carbons (Fsp3) is 0. The second-order valence-corrected chi connectivity index (χ2v) is 3.79. The Morgan fingerprint density at radius 3 is 2.83 bits per heavy atom. The summed E-state index contributed by atoms with van der Waals surface area (Å²) in [6.45, 7) is 0. The fourth-order valence-electron chi connectivity index (χ4n) is 1.37. The lowest BCUT2D eigenvalue weighted by molar-refractivity contribution is -0.388. The number of nitro groups is 1. The number of hydrogen-bond acceptors (Lipinski definition) is 4. The smallest absolute Gasteiger partial charge is 0.358 e. The number of nitrogens with zero attached hydrogens (tertiary/aromatic N) is 2. The van der Waals surface area contributed by atoms with E-state index in [4.69, 9.17) is 11.6 Å². The van der Waals surface area contributed by atoms with Gasteiger partial charge in [-0.25, -0.2) is 4.39 Å². The zero-order chi connectivity index (χ0) is 13.1. The number of aromatic nitrogens is 1. The maximum absolute atomic E-state index is 13.0. The van der Waals surface area contributed by atoms with Crippen LogP contribution >= 0.6 is 11.6 Å². The molecule has 0 bridgehead atoms. The van der Waals surface area contributed by atoms with Crippen molar-refractivity contribution >= 4 is 28.8 Å². The van der Waals surface area contributed by atoms with E-state index in [2.05, 4.69) is 10.3 Å². The predicted molar refractivity (Wildman–Crippen MR) is 65.6 cm³/mol. The second kappa shape index (κ2) is 4.97. The Morgan fingerprint density at radius 2 is 2.17 bits per heavy atom. The SMILES string of the molecule is O=[N+]([O-])c1ncccc1Nc1ccc(F)c(Cl)c1. The first-order valence-corrected chi connectivity index (χ1v) is 5.27. The number of pyridine rings is 1. The topological polar surface area (TPSA) is 68.1 Å². The lowest BCUT2D eigenvalue weighted by Gasteiger charge is -2.06. The van der Waals surface area contributed by atoms with Crippen molar-refractivity contribution in [3.63, 3.8) is 0 Å². The van der Waals surface area contributed by atoms with Crippen LogP contribution in [0.2, 0.25) is 5.02 Å². The second-order valence-electron chi connectivity index (χ2n) is 3.39. The maximum atomic E-state index is 13.0. The first kappa shape index (κ1) is 12.3. The summed E-state index contributed by atoms with van der Waals surface area (Å²) in [7, 11) is 0. The first-order valence-electron chi connectivity index (χ1n) is 4.89. The highest BCUT2D eigenvalue weighted by molar-refractivity contribution is 6.31. The average molecular weight is 268 g/mol. The molecule has 0 amide bonds. The summed E-state index contributed by atoms with van der Waals surface area (Å²) >= 11 is 5.62. The van der Waals surface area contributed by atoms with Gasteiger partial charge >= 0.3 is 5.82 Å². The van der Waals surface area contributed by atoms with E-state index >= 15 is 0 Å². The van der Waals surface area contributed by atoms with Gasteiger partial charge in [-0.3, -0.25) is 0 Å². The highest BCUT2D eigenvalue weighted by Crippen LogP contribution is 2.27. The molecule has 1 N–H and O–H groups in total. The normalized spacial score (nSPS) is 10.1. The van der Waals surface area contributed by atoms with Gasteiger partial charge in [0.2, 0.25) is 0 Å². The van der Waals surface area contributed by atoms with E-state index in [9.17, 15) is 14.5 Å². The van der Waals surface area contributed by atoms with Gasteiger partial charge in [-0.1, -0.05) is 11.6 Å². The largest absolute Gasteiger partial charge is 0.387 e. The van der Waals surface area contributed by atoms with E-state index < -0.39 is 10.7 Å². The summed E-state index contributed by atoms with van der Waals surface area (Å²) in [6.07, 6.45) is 1.32. The van der Waals surface area contributed by atoms with Crippen LogP contribution in [0, 0.1) is 15.9 Å². The summed E-state index contributed by atoms with van der Waals surface area (Å²) in [4.78, 5) is 13.8. The lowest BCUT2D eigenvalue weighted by Crippen LogP contribution is -1.99. The fourth-order valence-corrected chi connectivity index (χ4v) is 1.55. The Morgan fingerprint density at radius 1 is 1.39 bits per heavy atom. The summed E-state index contributed by atoms with van der Waals surface area (Å²) in [5.74, 6) is -0.860. The van der Waals surface area contributed by atoms with Crippen LogP contribution in [0.4, 0.5) is 21.6 Å². The summed E-state index contributed by atoms with van der Waals surface area (Å²) in [5.41, 5.74) is 0.655. The molecule has 0 spiro atoms. The number of anilines is 2. The van der Waals surface area contributed by atoms with Gasteiger partial charge in [0.1, 0.15) is 17.7 Å². The summed E-state index contributed by atoms with van der Waals surface area (Å²) in [5, 5.41) is 13.5. The van der Waals surface area contributed by atoms with Crippen molar-refractivity contribution in [3.05, 3.63) is 57.5 Å². The summed E-state index contributed by atoms with van der Waals surface area (Å²) < 4.78 is 13.0. The van der Waals surface area contributed by atoms with Gasteiger partial charge in [-0.05, 0) is 40.2 Å². The molecular formula is C11H7ClFN3O2. The molecular weight excluding hydrogens is 261 g/mol. The molecule has 1 aromatic carbocycles. The van der Waals surface area contributed by atoms with Crippen LogP contribution in [0.5, 0.6) is 0 Å². The number of nitrogens with one attached hydrogen (secondary N) is 1. The van der Waals surface area contributed by atoms with Gasteiger partial charge in [0, 0.05) is 5.69 Å². The monoisotopic (exact) mass is 267 g/mol. The van der Waals surface area contributed by atoms with E-state index in [1.54, 1.807) is 6.07 Å². The van der Waals surface area contributed by atoms with Crippen LogP contribution in [0.1, 0.15) is 0 Å². The minimum absolute atomic E-state index is 0.0634. The van der Waals surface area contributed by atoms with Crippen LogP contribution < -0.4 is 5.32 Å². The van der Waals surface area contributed by atoms with Crippen LogP contribution in [-0.2, 0) is 0 Å². The molecule has 0 fully saturated rings. The highest BCUT2D eigenvalue weighted by atomic mass is 35.5. The molecule has 0 unspecified atom stereocenters. The minimum Gasteiger partial charge on any atom is -0.358 e. The number of benzene rings is 1. The van der Waals surface area contributed by atoms with Crippen molar-refractivity contribution in [2.75, 3.05) is 5.32 Å². The molecule has 0 aliphatic heterocycles. The van der Waals surface area contributed by atoms with E-state index in [1.807, 2.05) is 0 Å². The van der Waals surface area contributed by atoms with E-state index in [0.29, 0.717) is 5.69 Å². The molecule has 2 rings (SSSR count). The molecule has 18 heavy (non-hydrogen) atoms. The molecule has 0 aliphatic rings. The molecule has 0 aliphatic carbocycles. The van der Waals surface area contributed by atoms with E-state index in [1.165, 1.54) is 30.5 Å². The van der Waals surface area contributed by atoms with Crippen molar-refractivity contribution in [1.82, 2.24) is 4.98 Å². The van der Waals surface area contributed by atoms with Crippen molar-refractivity contribution in [3.8, 4) is 0 Å². The van der Waals surface area contributed by atoms with Crippen LogP contribution in [0.3, 0.4) is 0 Å². The number of rotatable bonds is 3. The number of halogens is 2. The van der Waals surface area contributed by atoms with Gasteiger partial charge in [-0.15, -0.1) is 0 Å². The van der Waals surface area contributed by atoms with Gasteiger partial charge in [0.05, 0.1) is 5.02 Å². The van der Waals surface area contributed by atoms with Gasteiger partial charge in [0.25, 0.3) is 0 Å². The lowest BCUT2D eigenvalue weighted by atomic mass is 10.3. The number of hydrogen-bond donors (Lipinski definition) is 1. The summed E-state index contributed by atoms with van der Waals surface area (Å²) in [6, 6.07) is 7.00. The van der Waals surface area contributed by atoms with Crippen LogP contribution in [0.25, 0.3) is 0 Å². The molecule has 92 valence electrons. The zero-order valence-corrected chi connectivity index (χ0v) is 9.69. The Labute approximate surface area is 106 Å². The van der Waals surface area contributed by atoms with Crippen molar-refractivity contribution in [1.29, 1.82) is 0 Å². The zero-order valence-electron chi connectivity index (χ0n) is 8.93. The van der Waals surface area contributed by atoms with Gasteiger partial charge in [-0.2, -0.15) is 0 Å². The van der Waals surface area contributed by atoms with Crippen molar-refractivity contribution in [2.45, 2.75) is 0 Å². The third-order valence-corrected chi connectivity index (χ3v) is 2.45. The van der Waals surface area contributed by atoms with E-state index in [0.717, 1.165) is 0 Å². The van der Waals surface area contributed by atoms with Crippen LogP contribution in [-0.4, -0.2) is 9.91 Å². The van der Waals surface area contributed by atoms with Gasteiger partial charge < -0.3 is 15.4 Å². The molecule has 0 atom stereocenters. The Hall–Kier alpha value is -2.21. The molecule has 5 nitrogen and oxygen atoms in total. The standard InChI is InChI=1S/C11H7ClFN3O2/c12-8-6-7(3-4-9(8)13)15-10-2-1-5-14-11(10)16(17)18/h1-6,15H. The predicted octanol–water partition coefficient (Wildman–Crippen LogP) is 3.53. The molecule has 1 aromatic heterocycles. The van der Waals surface area contributed by atoms with Crippen LogP contribution in [0.15, 0.2) is 36.5 Å². The minimum atomic E-state index is -0.604. The molecule has 0 saturated heterocycles. The average Bonchev–Trinajstić information content (AvgIpc) is 2.34. The maximum Gasteiger partial charge on any atom is 0.387 e. The Balaban J connectivity index is 2.34. The third-order valence-electron chi connectivity index (χ3n) is 2.16. The van der Waals surface area contributed by atoms with Crippen molar-refractivity contribution < 1.29 is 9.31 Å². The molecule has 1 heterocycles. The Kier molecular flexibility index (Phi) is 3.38. The first-order chi connectivity index (χ1) is 8.58. The molecule has 0 saturated carbocycles. The highest BCUT2D eigenvalue weighted by Gasteiger charge is 2.14. The molecule has 0 radical (unpaired) electrons. The van der Waals surface area contributed by atoms with Crippen molar-refractivity contribution in [2.24, 2.45) is 0 Å². The molecule has 2 aromatic rings. The van der Waals surface area contributed by atoms with Gasteiger partial charge in [0.15, 0.2) is 0 Å². The molecule has 7 heteroatoms. The van der Waals surface area contributed by atoms with E-state index in [-0.39, 0.29) is 16.5 Å². The Bertz CT molecular complexity index is 607. The quantitative estimate of drug-likeness (QED) is 0.682.